The largest absolute Gasteiger partial charge is 0.444 e. The van der Waals surface area contributed by atoms with Gasteiger partial charge in [0, 0.05) is 13.1 Å². The Bertz CT molecular complexity index is 277. The van der Waals surface area contributed by atoms with Crippen LogP contribution in [0.25, 0.3) is 0 Å². The molecule has 2 rings (SSSR count). The van der Waals surface area contributed by atoms with Gasteiger partial charge in [-0.15, -0.1) is 0 Å². The first-order valence-electron chi connectivity index (χ1n) is 6.14. The summed E-state index contributed by atoms with van der Waals surface area (Å²) in [6.45, 7) is 8.58. The molecule has 16 heavy (non-hydrogen) atoms. The van der Waals surface area contributed by atoms with Crippen LogP contribution in [0.5, 0.6) is 0 Å². The summed E-state index contributed by atoms with van der Waals surface area (Å²) in [4.78, 5) is 13.9. The molecule has 0 aromatic rings. The average Bonchev–Trinajstić information content (AvgIpc) is 2.14. The Morgan fingerprint density at radius 3 is 2.56 bits per heavy atom. The van der Waals surface area contributed by atoms with Crippen molar-refractivity contribution in [1.29, 1.82) is 0 Å². The van der Waals surface area contributed by atoms with E-state index in [2.05, 4.69) is 5.32 Å². The summed E-state index contributed by atoms with van der Waals surface area (Å²) in [5, 5.41) is 3.38. The molecule has 0 saturated carbocycles. The van der Waals surface area contributed by atoms with Crippen molar-refractivity contribution >= 4 is 6.09 Å². The maximum absolute atomic E-state index is 12.0. The van der Waals surface area contributed by atoms with Gasteiger partial charge in [0.05, 0.1) is 5.54 Å². The van der Waals surface area contributed by atoms with Gasteiger partial charge in [0.2, 0.25) is 0 Å². The lowest BCUT2D eigenvalue weighted by Crippen LogP contribution is -2.68. The monoisotopic (exact) mass is 226 g/mol. The van der Waals surface area contributed by atoms with Crippen LogP contribution in [0, 0.1) is 0 Å². The molecule has 0 radical (unpaired) electrons. The maximum Gasteiger partial charge on any atom is 0.410 e. The molecule has 0 aromatic carbocycles. The van der Waals surface area contributed by atoms with Gasteiger partial charge in [-0.1, -0.05) is 0 Å². The van der Waals surface area contributed by atoms with Gasteiger partial charge in [-0.05, 0) is 46.6 Å². The fourth-order valence-electron chi connectivity index (χ4n) is 2.54. The summed E-state index contributed by atoms with van der Waals surface area (Å²) < 4.78 is 5.43. The fourth-order valence-corrected chi connectivity index (χ4v) is 2.54. The number of hydrogen-bond donors (Lipinski definition) is 1. The molecule has 2 saturated heterocycles. The molecule has 2 aliphatic heterocycles. The van der Waals surface area contributed by atoms with E-state index in [0.29, 0.717) is 0 Å². The van der Waals surface area contributed by atoms with Crippen LogP contribution in [0.1, 0.15) is 40.0 Å². The van der Waals surface area contributed by atoms with Gasteiger partial charge >= 0.3 is 6.09 Å². The van der Waals surface area contributed by atoms with Crippen LogP contribution in [0.15, 0.2) is 0 Å². The first-order valence-corrected chi connectivity index (χ1v) is 6.14. The highest BCUT2D eigenvalue weighted by atomic mass is 16.6. The number of nitrogens with one attached hydrogen (secondary N) is 1. The van der Waals surface area contributed by atoms with Crippen molar-refractivity contribution in [3.63, 3.8) is 0 Å². The van der Waals surface area contributed by atoms with E-state index < -0.39 is 5.60 Å². The summed E-state index contributed by atoms with van der Waals surface area (Å²) >= 11 is 0. The van der Waals surface area contributed by atoms with Gasteiger partial charge in [0.1, 0.15) is 5.60 Å². The number of carbonyl (C=O) groups excluding carboxylic acids is 1. The summed E-state index contributed by atoms with van der Waals surface area (Å²) in [5.74, 6) is 0. The highest BCUT2D eigenvalue weighted by Gasteiger charge is 2.49. The van der Waals surface area contributed by atoms with Gasteiger partial charge in [0.25, 0.3) is 0 Å². The summed E-state index contributed by atoms with van der Waals surface area (Å²) in [5.41, 5.74) is -0.337. The number of carbonyl (C=O) groups is 1. The Hall–Kier alpha value is -0.770. The van der Waals surface area contributed by atoms with E-state index >= 15 is 0 Å². The minimum absolute atomic E-state index is 0.0561. The number of nitrogens with zero attached hydrogens (tertiary/aromatic N) is 1. The molecule has 2 aliphatic rings. The Balaban J connectivity index is 1.97. The smallest absolute Gasteiger partial charge is 0.410 e. The van der Waals surface area contributed by atoms with Crippen LogP contribution in [0.2, 0.25) is 0 Å². The number of likely N-dealkylation sites (tertiary alicyclic amines) is 1. The van der Waals surface area contributed by atoms with E-state index in [-0.39, 0.29) is 11.6 Å². The third-order valence-electron chi connectivity index (χ3n) is 3.44. The highest BCUT2D eigenvalue weighted by molar-refractivity contribution is 5.70. The van der Waals surface area contributed by atoms with Crippen molar-refractivity contribution in [3.8, 4) is 0 Å². The maximum atomic E-state index is 12.0. The second-order valence-corrected chi connectivity index (χ2v) is 5.89. The molecule has 0 bridgehead atoms. The molecule has 2 fully saturated rings. The van der Waals surface area contributed by atoms with Gasteiger partial charge in [-0.3, -0.25) is 0 Å². The Morgan fingerprint density at radius 2 is 2.12 bits per heavy atom. The molecule has 4 nitrogen and oxygen atoms in total. The van der Waals surface area contributed by atoms with Gasteiger partial charge in [-0.25, -0.2) is 4.79 Å². The normalized spacial score (nSPS) is 30.1. The number of rotatable bonds is 0. The van der Waals surface area contributed by atoms with Crippen molar-refractivity contribution in [2.75, 3.05) is 19.6 Å². The summed E-state index contributed by atoms with van der Waals surface area (Å²) in [6.07, 6.45) is 3.22. The van der Waals surface area contributed by atoms with Crippen molar-refractivity contribution < 1.29 is 9.53 Å². The lowest BCUT2D eigenvalue weighted by atomic mass is 9.79. The predicted molar refractivity (Wildman–Crippen MR) is 62.4 cm³/mol. The van der Waals surface area contributed by atoms with Gasteiger partial charge < -0.3 is 15.0 Å². The van der Waals surface area contributed by atoms with Gasteiger partial charge in [-0.2, -0.15) is 0 Å². The fraction of sp³-hybridized carbons (Fsp3) is 0.917. The third-order valence-corrected chi connectivity index (χ3v) is 3.44. The van der Waals surface area contributed by atoms with Crippen molar-refractivity contribution in [2.45, 2.75) is 51.2 Å². The topological polar surface area (TPSA) is 41.6 Å². The predicted octanol–water partition coefficient (Wildman–Crippen LogP) is 1.75. The number of piperidine rings is 1. The van der Waals surface area contributed by atoms with Crippen LogP contribution >= 0.6 is 0 Å². The zero-order valence-electron chi connectivity index (χ0n) is 10.5. The quantitative estimate of drug-likeness (QED) is 0.684. The zero-order valence-corrected chi connectivity index (χ0v) is 10.5. The van der Waals surface area contributed by atoms with Crippen LogP contribution in [0.4, 0.5) is 4.79 Å². The highest BCUT2D eigenvalue weighted by Crippen LogP contribution is 2.37. The average molecular weight is 226 g/mol. The molecular formula is C12H22N2O2. The zero-order chi connectivity index (χ0) is 11.8. The summed E-state index contributed by atoms with van der Waals surface area (Å²) in [7, 11) is 0. The van der Waals surface area contributed by atoms with E-state index in [4.69, 9.17) is 4.74 Å². The van der Waals surface area contributed by atoms with E-state index in [0.717, 1.165) is 38.9 Å². The van der Waals surface area contributed by atoms with Crippen LogP contribution < -0.4 is 5.32 Å². The number of hydrogen-bond acceptors (Lipinski definition) is 3. The molecule has 0 aliphatic carbocycles. The number of amides is 1. The lowest BCUT2D eigenvalue weighted by Gasteiger charge is -2.54. The molecular weight excluding hydrogens is 204 g/mol. The Kier molecular flexibility index (Phi) is 2.86. The molecule has 2 heterocycles. The first-order chi connectivity index (χ1) is 7.43. The minimum atomic E-state index is -0.393. The molecule has 1 atom stereocenters. The van der Waals surface area contributed by atoms with Crippen LogP contribution in [-0.4, -0.2) is 41.8 Å². The molecule has 1 spiro atoms. The van der Waals surface area contributed by atoms with Gasteiger partial charge in [0.15, 0.2) is 0 Å². The van der Waals surface area contributed by atoms with Crippen molar-refractivity contribution in [1.82, 2.24) is 10.2 Å². The SMILES string of the molecule is CC(C)(C)OC(=O)N1CC[C@@]12CCCNC2. The molecule has 4 heteroatoms. The van der Waals surface area contributed by atoms with Crippen LogP contribution in [-0.2, 0) is 4.74 Å². The van der Waals surface area contributed by atoms with Crippen molar-refractivity contribution in [3.05, 3.63) is 0 Å². The van der Waals surface area contributed by atoms with Crippen molar-refractivity contribution in [2.24, 2.45) is 0 Å². The number of ether oxygens (including phenoxy) is 1. The molecule has 1 N–H and O–H groups in total. The minimum Gasteiger partial charge on any atom is -0.444 e. The molecule has 92 valence electrons. The Labute approximate surface area is 97.3 Å². The van der Waals surface area contributed by atoms with Crippen LogP contribution in [0.3, 0.4) is 0 Å². The van der Waals surface area contributed by atoms with E-state index in [1.54, 1.807) is 0 Å². The Morgan fingerprint density at radius 1 is 1.38 bits per heavy atom. The second-order valence-electron chi connectivity index (χ2n) is 5.89. The third kappa shape index (κ3) is 2.17. The standard InChI is InChI=1S/C12H22N2O2/c1-11(2,3)16-10(15)14-8-6-12(14)5-4-7-13-9-12/h13H,4-9H2,1-3H3/t12-/m1/s1. The van der Waals surface area contributed by atoms with E-state index in [9.17, 15) is 4.79 Å². The lowest BCUT2D eigenvalue weighted by molar-refractivity contribution is -0.0533. The van der Waals surface area contributed by atoms with E-state index in [1.807, 2.05) is 25.7 Å². The molecule has 0 aromatic heterocycles. The van der Waals surface area contributed by atoms with E-state index in [1.165, 1.54) is 0 Å². The first kappa shape index (κ1) is 11.7. The molecule has 1 amide bonds. The molecule has 0 unspecified atom stereocenters. The second kappa shape index (κ2) is 3.91. The summed E-state index contributed by atoms with van der Waals surface area (Å²) in [6, 6.07) is 0.